The van der Waals surface area contributed by atoms with Gasteiger partial charge in [0, 0.05) is 75.6 Å². The van der Waals surface area contributed by atoms with Crippen LogP contribution in [0, 0.1) is 20.8 Å². The zero-order valence-corrected chi connectivity index (χ0v) is 25.7. The molecule has 0 atom stereocenters. The van der Waals surface area contributed by atoms with Crippen molar-refractivity contribution < 1.29 is 29.5 Å². The van der Waals surface area contributed by atoms with Crippen LogP contribution in [0.3, 0.4) is 0 Å². The molecule has 3 N–H and O–H groups in total. The van der Waals surface area contributed by atoms with Gasteiger partial charge in [0.1, 0.15) is 0 Å². The summed E-state index contributed by atoms with van der Waals surface area (Å²) in [4.78, 5) is 7.02. The van der Waals surface area contributed by atoms with E-state index in [2.05, 4.69) is 14.7 Å². The first-order chi connectivity index (χ1) is 20.1. The fraction of sp³-hybridized carbons (Fsp3) is 0.455. The Morgan fingerprint density at radius 1 is 0.476 bits per heavy atom. The maximum atomic E-state index is 10.9. The first-order valence-electron chi connectivity index (χ1n) is 14.4. The molecule has 42 heavy (non-hydrogen) atoms. The molecule has 9 nitrogen and oxygen atoms in total. The van der Waals surface area contributed by atoms with Crippen LogP contribution in [-0.2, 0) is 19.6 Å². The predicted molar refractivity (Wildman–Crippen MR) is 164 cm³/mol. The Morgan fingerprint density at radius 3 is 0.929 bits per heavy atom. The SMILES string of the molecule is COc1cc(C)cc(CN2CCN(Cc3cc(C)cc(OC)c3O)CCN(Cc3cc(C)cc(OC)c3O)CC2)c1O. The molecular formula is C33H45N3O6. The highest BCUT2D eigenvalue weighted by atomic mass is 16.5. The van der Waals surface area contributed by atoms with Gasteiger partial charge in [0.2, 0.25) is 0 Å². The lowest BCUT2D eigenvalue weighted by Gasteiger charge is -2.27. The molecule has 0 saturated carbocycles. The zero-order valence-electron chi connectivity index (χ0n) is 25.7. The number of rotatable bonds is 9. The summed E-state index contributed by atoms with van der Waals surface area (Å²) in [6.45, 7) is 12.3. The van der Waals surface area contributed by atoms with Crippen LogP contribution < -0.4 is 14.2 Å². The Bertz CT molecular complexity index is 1200. The van der Waals surface area contributed by atoms with E-state index in [4.69, 9.17) is 14.2 Å². The molecule has 1 saturated heterocycles. The van der Waals surface area contributed by atoms with E-state index in [1.807, 2.05) is 57.2 Å². The Labute approximate surface area is 249 Å². The summed E-state index contributed by atoms with van der Waals surface area (Å²) in [5.41, 5.74) is 5.56. The summed E-state index contributed by atoms with van der Waals surface area (Å²) >= 11 is 0. The second-order valence-corrected chi connectivity index (χ2v) is 11.3. The second-order valence-electron chi connectivity index (χ2n) is 11.3. The van der Waals surface area contributed by atoms with Crippen LogP contribution >= 0.6 is 0 Å². The molecule has 9 heteroatoms. The summed E-state index contributed by atoms with van der Waals surface area (Å²) in [6, 6.07) is 11.5. The normalized spacial score (nSPS) is 15.6. The van der Waals surface area contributed by atoms with E-state index in [0.717, 1.165) is 72.6 Å². The number of hydrogen-bond acceptors (Lipinski definition) is 9. The lowest BCUT2D eigenvalue weighted by atomic mass is 10.1. The lowest BCUT2D eigenvalue weighted by Crippen LogP contribution is -2.35. The van der Waals surface area contributed by atoms with Crippen LogP contribution in [0.2, 0.25) is 0 Å². The Balaban J connectivity index is 1.61. The van der Waals surface area contributed by atoms with Crippen molar-refractivity contribution in [1.29, 1.82) is 0 Å². The first-order valence-corrected chi connectivity index (χ1v) is 14.4. The minimum atomic E-state index is 0.172. The molecule has 1 aliphatic heterocycles. The standard InChI is InChI=1S/C33H45N3O6/c1-22-13-25(31(37)28(16-22)40-4)19-34-7-9-35(20-26-14-23(2)17-29(41-5)32(26)38)11-12-36(10-8-34)21-27-15-24(3)18-30(42-6)33(27)39/h13-18,37-39H,7-12,19-21H2,1-6H3. The quantitative estimate of drug-likeness (QED) is 0.337. The van der Waals surface area contributed by atoms with Gasteiger partial charge in [-0.05, 0) is 55.7 Å². The third-order valence-corrected chi connectivity index (χ3v) is 7.93. The van der Waals surface area contributed by atoms with Gasteiger partial charge in [-0.15, -0.1) is 0 Å². The van der Waals surface area contributed by atoms with Crippen molar-refractivity contribution in [2.45, 2.75) is 40.4 Å². The number of methoxy groups -OCH3 is 3. The molecule has 1 aliphatic rings. The number of phenolic OH excluding ortho intramolecular Hbond substituents is 3. The van der Waals surface area contributed by atoms with Crippen molar-refractivity contribution in [2.24, 2.45) is 0 Å². The van der Waals surface area contributed by atoms with Gasteiger partial charge in [-0.2, -0.15) is 0 Å². The zero-order chi connectivity index (χ0) is 30.4. The Kier molecular flexibility index (Phi) is 10.4. The van der Waals surface area contributed by atoms with Crippen molar-refractivity contribution in [2.75, 3.05) is 60.6 Å². The fourth-order valence-electron chi connectivity index (χ4n) is 5.66. The van der Waals surface area contributed by atoms with E-state index < -0.39 is 0 Å². The van der Waals surface area contributed by atoms with Crippen molar-refractivity contribution in [3.8, 4) is 34.5 Å². The maximum Gasteiger partial charge on any atom is 0.162 e. The largest absolute Gasteiger partial charge is 0.504 e. The van der Waals surface area contributed by atoms with Gasteiger partial charge in [0.25, 0.3) is 0 Å². The number of ether oxygens (including phenoxy) is 3. The third-order valence-electron chi connectivity index (χ3n) is 7.93. The smallest absolute Gasteiger partial charge is 0.162 e. The molecular weight excluding hydrogens is 534 g/mol. The summed E-state index contributed by atoms with van der Waals surface area (Å²) < 4.78 is 16.2. The molecule has 0 bridgehead atoms. The number of aryl methyl sites for hydroxylation is 3. The monoisotopic (exact) mass is 579 g/mol. The van der Waals surface area contributed by atoms with Gasteiger partial charge in [-0.1, -0.05) is 18.2 Å². The molecule has 0 amide bonds. The Morgan fingerprint density at radius 2 is 0.714 bits per heavy atom. The average molecular weight is 580 g/mol. The van der Waals surface area contributed by atoms with Crippen molar-refractivity contribution in [1.82, 2.24) is 14.7 Å². The van der Waals surface area contributed by atoms with Crippen molar-refractivity contribution in [3.05, 3.63) is 69.8 Å². The summed E-state index contributed by atoms with van der Waals surface area (Å²) in [7, 11) is 4.71. The van der Waals surface area contributed by atoms with Gasteiger partial charge in [-0.3, -0.25) is 14.7 Å². The number of hydrogen-bond donors (Lipinski definition) is 3. The number of nitrogens with zero attached hydrogens (tertiary/aromatic N) is 3. The highest BCUT2D eigenvalue weighted by molar-refractivity contribution is 5.50. The fourth-order valence-corrected chi connectivity index (χ4v) is 5.66. The highest BCUT2D eigenvalue weighted by Crippen LogP contribution is 2.35. The van der Waals surface area contributed by atoms with Crippen LogP contribution in [0.5, 0.6) is 34.5 Å². The highest BCUT2D eigenvalue weighted by Gasteiger charge is 2.22. The van der Waals surface area contributed by atoms with Crippen LogP contribution in [-0.4, -0.2) is 90.6 Å². The average Bonchev–Trinajstić information content (AvgIpc) is 3.05. The summed E-state index contributed by atoms with van der Waals surface area (Å²) in [5.74, 6) is 1.95. The summed E-state index contributed by atoms with van der Waals surface area (Å²) in [5, 5.41) is 32.6. The molecule has 228 valence electrons. The van der Waals surface area contributed by atoms with E-state index in [-0.39, 0.29) is 17.2 Å². The second kappa shape index (κ2) is 14.0. The van der Waals surface area contributed by atoms with Crippen molar-refractivity contribution in [3.63, 3.8) is 0 Å². The van der Waals surface area contributed by atoms with E-state index in [1.165, 1.54) is 0 Å². The van der Waals surface area contributed by atoms with E-state index in [9.17, 15) is 15.3 Å². The number of aromatic hydroxyl groups is 3. The number of benzene rings is 3. The van der Waals surface area contributed by atoms with Crippen LogP contribution in [0.1, 0.15) is 33.4 Å². The van der Waals surface area contributed by atoms with Gasteiger partial charge in [0.05, 0.1) is 21.3 Å². The number of phenols is 3. The van der Waals surface area contributed by atoms with Gasteiger partial charge < -0.3 is 29.5 Å². The van der Waals surface area contributed by atoms with E-state index in [1.54, 1.807) is 21.3 Å². The minimum Gasteiger partial charge on any atom is -0.504 e. The minimum absolute atomic E-state index is 0.172. The first kappa shape index (κ1) is 31.3. The topological polar surface area (TPSA) is 98.1 Å². The molecule has 0 unspecified atom stereocenters. The van der Waals surface area contributed by atoms with Crippen LogP contribution in [0.4, 0.5) is 0 Å². The van der Waals surface area contributed by atoms with Crippen molar-refractivity contribution >= 4 is 0 Å². The molecule has 3 aromatic rings. The van der Waals surface area contributed by atoms with Gasteiger partial charge in [0.15, 0.2) is 34.5 Å². The molecule has 1 fully saturated rings. The van der Waals surface area contributed by atoms with E-state index >= 15 is 0 Å². The van der Waals surface area contributed by atoms with Gasteiger partial charge >= 0.3 is 0 Å². The van der Waals surface area contributed by atoms with Crippen LogP contribution in [0.15, 0.2) is 36.4 Å². The van der Waals surface area contributed by atoms with E-state index in [0.29, 0.717) is 36.9 Å². The maximum absolute atomic E-state index is 10.9. The molecule has 3 aromatic carbocycles. The molecule has 0 radical (unpaired) electrons. The van der Waals surface area contributed by atoms with Gasteiger partial charge in [-0.25, -0.2) is 0 Å². The predicted octanol–water partition coefficient (Wildman–Crippen LogP) is 4.57. The molecule has 0 aliphatic carbocycles. The third kappa shape index (κ3) is 7.59. The summed E-state index contributed by atoms with van der Waals surface area (Å²) in [6.07, 6.45) is 0. The Hall–Kier alpha value is -3.66. The molecule has 4 rings (SSSR count). The molecule has 0 aromatic heterocycles. The molecule has 1 heterocycles. The lowest BCUT2D eigenvalue weighted by molar-refractivity contribution is 0.206. The van der Waals surface area contributed by atoms with Crippen LogP contribution in [0.25, 0.3) is 0 Å². The molecule has 0 spiro atoms.